The van der Waals surface area contributed by atoms with Crippen molar-refractivity contribution in [3.63, 3.8) is 0 Å². The molecule has 0 saturated carbocycles. The van der Waals surface area contributed by atoms with Crippen LogP contribution in [0, 0.1) is 0 Å². The van der Waals surface area contributed by atoms with Crippen LogP contribution in [0.2, 0.25) is 0 Å². The third-order valence-electron chi connectivity index (χ3n) is 3.71. The molecule has 0 atom stereocenters. The molecule has 116 valence electrons. The van der Waals surface area contributed by atoms with E-state index in [1.807, 2.05) is 10.6 Å². The molecule has 0 amide bonds. The Labute approximate surface area is 126 Å². The van der Waals surface area contributed by atoms with Crippen LogP contribution >= 0.6 is 0 Å². The van der Waals surface area contributed by atoms with E-state index in [1.54, 1.807) is 12.7 Å². The highest BCUT2D eigenvalue weighted by molar-refractivity contribution is 5.84. The predicted molar refractivity (Wildman–Crippen MR) is 80.5 cm³/mol. The maximum absolute atomic E-state index is 10.6. The van der Waals surface area contributed by atoms with E-state index in [-0.39, 0.29) is 6.42 Å². The fourth-order valence-corrected chi connectivity index (χ4v) is 2.52. The van der Waals surface area contributed by atoms with Crippen molar-refractivity contribution in [3.05, 3.63) is 24.5 Å². The van der Waals surface area contributed by atoms with Gasteiger partial charge in [-0.1, -0.05) is 6.92 Å². The Kier molecular flexibility index (Phi) is 4.01. The molecule has 0 aromatic carbocycles. The van der Waals surface area contributed by atoms with Gasteiger partial charge in [0.05, 0.1) is 18.2 Å². The lowest BCUT2D eigenvalue weighted by Gasteiger charge is -2.19. The van der Waals surface area contributed by atoms with Crippen molar-refractivity contribution in [2.24, 2.45) is 0 Å². The van der Waals surface area contributed by atoms with E-state index >= 15 is 0 Å². The largest absolute Gasteiger partial charge is 0.481 e. The number of carboxylic acid groups (broad SMARTS) is 1. The first-order chi connectivity index (χ1) is 10.7. The number of imidazole rings is 2. The van der Waals surface area contributed by atoms with Crippen LogP contribution in [0.3, 0.4) is 0 Å². The lowest BCUT2D eigenvalue weighted by atomic mass is 10.3. The van der Waals surface area contributed by atoms with E-state index in [1.165, 1.54) is 0 Å². The molecule has 0 radical (unpaired) electrons. The van der Waals surface area contributed by atoms with Gasteiger partial charge in [0.25, 0.3) is 0 Å². The molecular weight excluding hydrogens is 284 g/mol. The molecule has 3 aromatic heterocycles. The third-order valence-corrected chi connectivity index (χ3v) is 3.71. The summed E-state index contributed by atoms with van der Waals surface area (Å²) in [4.78, 5) is 28.7. The highest BCUT2D eigenvalue weighted by Crippen LogP contribution is 2.15. The van der Waals surface area contributed by atoms with Gasteiger partial charge >= 0.3 is 5.97 Å². The number of hydrogen-bond acceptors (Lipinski definition) is 5. The number of carboxylic acids is 1. The second-order valence-corrected chi connectivity index (χ2v) is 5.15. The summed E-state index contributed by atoms with van der Waals surface area (Å²) in [5, 5.41) is 8.73. The first-order valence-corrected chi connectivity index (χ1v) is 7.27. The number of rotatable bonds is 7. The van der Waals surface area contributed by atoms with Crippen molar-refractivity contribution in [3.8, 4) is 0 Å². The smallest absolute Gasteiger partial charge is 0.303 e. The molecule has 0 aliphatic rings. The van der Waals surface area contributed by atoms with Crippen LogP contribution in [-0.4, -0.2) is 53.4 Å². The highest BCUT2D eigenvalue weighted by atomic mass is 16.4. The summed E-state index contributed by atoms with van der Waals surface area (Å²) < 4.78 is 1.94. The third kappa shape index (κ3) is 2.77. The summed E-state index contributed by atoms with van der Waals surface area (Å²) in [5.41, 5.74) is 3.30. The predicted octanol–water partition coefficient (Wildman–Crippen LogP) is 1.29. The Hall–Kier alpha value is -2.48. The van der Waals surface area contributed by atoms with Gasteiger partial charge in [0.1, 0.15) is 11.8 Å². The second-order valence-electron chi connectivity index (χ2n) is 5.15. The molecule has 3 aromatic rings. The molecule has 2 N–H and O–H groups in total. The zero-order chi connectivity index (χ0) is 15.5. The molecule has 0 bridgehead atoms. The Morgan fingerprint density at radius 3 is 3.05 bits per heavy atom. The van der Waals surface area contributed by atoms with E-state index in [9.17, 15) is 4.79 Å². The number of nitrogens with one attached hydrogen (secondary N) is 1. The van der Waals surface area contributed by atoms with Crippen LogP contribution < -0.4 is 0 Å². The van der Waals surface area contributed by atoms with Gasteiger partial charge in [0, 0.05) is 13.0 Å². The highest BCUT2D eigenvalue weighted by Gasteiger charge is 2.12. The number of carbonyl (C=O) groups is 1. The van der Waals surface area contributed by atoms with Gasteiger partial charge < -0.3 is 10.1 Å². The van der Waals surface area contributed by atoms with Crippen molar-refractivity contribution in [1.82, 2.24) is 29.2 Å². The molecule has 0 unspecified atom stereocenters. The van der Waals surface area contributed by atoms with E-state index in [4.69, 9.17) is 5.11 Å². The molecule has 22 heavy (non-hydrogen) atoms. The monoisotopic (exact) mass is 302 g/mol. The Morgan fingerprint density at radius 2 is 2.27 bits per heavy atom. The van der Waals surface area contributed by atoms with Crippen molar-refractivity contribution in [2.45, 2.75) is 26.3 Å². The summed E-state index contributed by atoms with van der Waals surface area (Å²) in [5.74, 6) is -0.753. The Balaban J connectivity index is 1.79. The Morgan fingerprint density at radius 1 is 1.41 bits per heavy atom. The molecule has 0 fully saturated rings. The molecular formula is C14H18N6O2. The molecule has 0 spiro atoms. The fourth-order valence-electron chi connectivity index (χ4n) is 2.52. The first kappa shape index (κ1) is 14.5. The van der Waals surface area contributed by atoms with E-state index in [2.05, 4.69) is 31.8 Å². The van der Waals surface area contributed by atoms with Crippen LogP contribution in [-0.2, 0) is 11.3 Å². The normalized spacial score (nSPS) is 11.7. The molecule has 0 aliphatic carbocycles. The first-order valence-electron chi connectivity index (χ1n) is 7.27. The Bertz CT molecular complexity index is 793. The van der Waals surface area contributed by atoms with Crippen molar-refractivity contribution in [1.29, 1.82) is 0 Å². The van der Waals surface area contributed by atoms with Gasteiger partial charge in [-0.25, -0.2) is 15.0 Å². The molecule has 0 aliphatic heterocycles. The minimum Gasteiger partial charge on any atom is -0.481 e. The molecule has 8 nitrogen and oxygen atoms in total. The number of aliphatic carboxylic acids is 1. The number of H-pyrrole nitrogens is 1. The SMILES string of the molecule is CCN(CCCC(=O)O)Cc1cnc2c3[nH]cnc3ncn12. The van der Waals surface area contributed by atoms with Gasteiger partial charge in [-0.2, -0.15) is 0 Å². The number of nitrogens with zero attached hydrogens (tertiary/aromatic N) is 5. The maximum atomic E-state index is 10.6. The fraction of sp³-hybridized carbons (Fsp3) is 0.429. The summed E-state index contributed by atoms with van der Waals surface area (Å²) in [6.07, 6.45) is 6.00. The summed E-state index contributed by atoms with van der Waals surface area (Å²) in [6.45, 7) is 4.37. The zero-order valence-electron chi connectivity index (χ0n) is 12.4. The lowest BCUT2D eigenvalue weighted by Crippen LogP contribution is -2.25. The van der Waals surface area contributed by atoms with Crippen LogP contribution in [0.4, 0.5) is 0 Å². The van der Waals surface area contributed by atoms with Gasteiger partial charge in [-0.15, -0.1) is 0 Å². The van der Waals surface area contributed by atoms with E-state index < -0.39 is 5.97 Å². The summed E-state index contributed by atoms with van der Waals surface area (Å²) in [6, 6.07) is 0. The minimum absolute atomic E-state index is 0.194. The van der Waals surface area contributed by atoms with Crippen molar-refractivity contribution in [2.75, 3.05) is 13.1 Å². The quantitative estimate of drug-likeness (QED) is 0.682. The number of aromatic amines is 1. The summed E-state index contributed by atoms with van der Waals surface area (Å²) >= 11 is 0. The average molecular weight is 302 g/mol. The zero-order valence-corrected chi connectivity index (χ0v) is 12.4. The van der Waals surface area contributed by atoms with Gasteiger partial charge in [-0.05, 0) is 19.5 Å². The number of fused-ring (bicyclic) bond motifs is 3. The van der Waals surface area contributed by atoms with Crippen LogP contribution in [0.5, 0.6) is 0 Å². The van der Waals surface area contributed by atoms with Crippen LogP contribution in [0.25, 0.3) is 16.8 Å². The van der Waals surface area contributed by atoms with Gasteiger partial charge in [0.2, 0.25) is 0 Å². The van der Waals surface area contributed by atoms with E-state index in [0.29, 0.717) is 18.6 Å². The van der Waals surface area contributed by atoms with Gasteiger partial charge in [0.15, 0.2) is 11.3 Å². The average Bonchev–Trinajstić information content (AvgIpc) is 3.11. The molecule has 8 heteroatoms. The topological polar surface area (TPSA) is 99.4 Å². The summed E-state index contributed by atoms with van der Waals surface area (Å²) in [7, 11) is 0. The standard InChI is InChI=1S/C14H18N6O2/c1-2-19(5-3-4-11(21)22)7-10-6-15-14-12-13(17-8-16-12)18-9-20(10)14/h6,8-9H,2-5,7H2,1H3,(H,16,17)(H,21,22). The van der Waals surface area contributed by atoms with Crippen LogP contribution in [0.15, 0.2) is 18.9 Å². The van der Waals surface area contributed by atoms with Crippen molar-refractivity contribution >= 4 is 22.8 Å². The second kappa shape index (κ2) is 6.10. The molecule has 3 heterocycles. The molecule has 0 saturated heterocycles. The van der Waals surface area contributed by atoms with Gasteiger partial charge in [-0.3, -0.25) is 14.1 Å². The maximum Gasteiger partial charge on any atom is 0.303 e. The van der Waals surface area contributed by atoms with Crippen LogP contribution in [0.1, 0.15) is 25.5 Å². The number of hydrogen-bond donors (Lipinski definition) is 2. The lowest BCUT2D eigenvalue weighted by molar-refractivity contribution is -0.137. The van der Waals surface area contributed by atoms with E-state index in [0.717, 1.165) is 29.9 Å². The minimum atomic E-state index is -0.753. The molecule has 3 rings (SSSR count). The van der Waals surface area contributed by atoms with Crippen molar-refractivity contribution < 1.29 is 9.90 Å². The number of aromatic nitrogens is 5.